The van der Waals surface area contributed by atoms with Gasteiger partial charge in [0, 0.05) is 39.3 Å². The molecule has 0 aliphatic carbocycles. The van der Waals surface area contributed by atoms with Crippen LogP contribution >= 0.6 is 0 Å². The van der Waals surface area contributed by atoms with E-state index in [1.54, 1.807) is 17.0 Å². The lowest BCUT2D eigenvalue weighted by molar-refractivity contribution is 0.0642. The van der Waals surface area contributed by atoms with Gasteiger partial charge in [0.1, 0.15) is 5.82 Å². The van der Waals surface area contributed by atoms with Crippen molar-refractivity contribution < 1.29 is 13.9 Å². The van der Waals surface area contributed by atoms with Crippen molar-refractivity contribution in [2.45, 2.75) is 19.4 Å². The van der Waals surface area contributed by atoms with E-state index in [-0.39, 0.29) is 18.0 Å². The molecule has 1 aliphatic rings. The first-order chi connectivity index (χ1) is 13.6. The van der Waals surface area contributed by atoms with Crippen molar-refractivity contribution in [1.82, 2.24) is 10.2 Å². The number of anilines is 1. The number of hydrogen-bond acceptors (Lipinski definition) is 3. The van der Waals surface area contributed by atoms with Crippen molar-refractivity contribution >= 4 is 11.7 Å². The molecule has 28 heavy (non-hydrogen) atoms. The molecule has 2 amide bonds. The van der Waals surface area contributed by atoms with Crippen molar-refractivity contribution in [3.05, 3.63) is 66.0 Å². The summed E-state index contributed by atoms with van der Waals surface area (Å²) >= 11 is 0. The number of carbonyl (C=O) groups excluding carboxylic acids is 1. The number of para-hydroxylation sites is 1. The van der Waals surface area contributed by atoms with E-state index in [9.17, 15) is 9.18 Å². The Labute approximate surface area is 166 Å². The lowest BCUT2D eigenvalue weighted by Crippen LogP contribution is -2.52. The second-order valence-corrected chi connectivity index (χ2v) is 6.93. The molecule has 150 valence electrons. The zero-order valence-electron chi connectivity index (χ0n) is 16.3. The molecule has 0 unspecified atom stereocenters. The topological polar surface area (TPSA) is 44.8 Å². The number of halogens is 1. The number of ether oxygens (including phenoxy) is 1. The Morgan fingerprint density at radius 3 is 2.46 bits per heavy atom. The van der Waals surface area contributed by atoms with Gasteiger partial charge in [-0.1, -0.05) is 42.5 Å². The molecule has 2 aromatic carbocycles. The Balaban J connectivity index is 1.32. The number of carbonyl (C=O) groups is 1. The van der Waals surface area contributed by atoms with Crippen LogP contribution in [0.2, 0.25) is 0 Å². The average Bonchev–Trinajstić information content (AvgIpc) is 2.74. The van der Waals surface area contributed by atoms with Crippen LogP contribution in [0.15, 0.2) is 54.6 Å². The number of rotatable bonds is 7. The zero-order valence-corrected chi connectivity index (χ0v) is 16.3. The minimum Gasteiger partial charge on any atom is -0.374 e. The van der Waals surface area contributed by atoms with Crippen LogP contribution in [0.5, 0.6) is 0 Å². The molecule has 0 radical (unpaired) electrons. The quantitative estimate of drug-likeness (QED) is 0.737. The fourth-order valence-corrected chi connectivity index (χ4v) is 3.32. The summed E-state index contributed by atoms with van der Waals surface area (Å²) in [6.07, 6.45) is 0.807. The molecule has 1 saturated heterocycles. The summed E-state index contributed by atoms with van der Waals surface area (Å²) in [6.45, 7) is 5.63. The summed E-state index contributed by atoms with van der Waals surface area (Å²) in [6, 6.07) is 16.8. The molecule has 1 fully saturated rings. The molecule has 2 aromatic rings. The third kappa shape index (κ3) is 5.45. The van der Waals surface area contributed by atoms with Gasteiger partial charge >= 0.3 is 6.03 Å². The number of hydrogen-bond donors (Lipinski definition) is 1. The normalized spacial score (nSPS) is 15.4. The maximum absolute atomic E-state index is 13.9. The van der Waals surface area contributed by atoms with Gasteiger partial charge in [-0.3, -0.25) is 0 Å². The van der Waals surface area contributed by atoms with Crippen LogP contribution in [-0.4, -0.2) is 50.3 Å². The first kappa shape index (κ1) is 20.1. The average molecular weight is 385 g/mol. The van der Waals surface area contributed by atoms with Gasteiger partial charge in [0.05, 0.1) is 11.8 Å². The van der Waals surface area contributed by atoms with E-state index in [2.05, 4.69) is 5.32 Å². The van der Waals surface area contributed by atoms with Crippen LogP contribution in [0.4, 0.5) is 14.9 Å². The predicted molar refractivity (Wildman–Crippen MR) is 109 cm³/mol. The Kier molecular flexibility index (Phi) is 7.25. The molecular formula is C22H28FN3O2. The Hall–Kier alpha value is -2.60. The highest BCUT2D eigenvalue weighted by Gasteiger charge is 2.22. The summed E-state index contributed by atoms with van der Waals surface area (Å²) in [5.41, 5.74) is 1.76. The maximum Gasteiger partial charge on any atom is 0.317 e. The third-order valence-corrected chi connectivity index (χ3v) is 4.99. The molecular weight excluding hydrogens is 357 g/mol. The second kappa shape index (κ2) is 10.1. The van der Waals surface area contributed by atoms with E-state index >= 15 is 0 Å². The molecule has 1 heterocycles. The molecule has 1 N–H and O–H groups in total. The Bertz CT molecular complexity index is 748. The number of nitrogens with one attached hydrogen (secondary N) is 1. The van der Waals surface area contributed by atoms with Crippen LogP contribution in [0, 0.1) is 5.82 Å². The number of nitrogens with zero attached hydrogens (tertiary/aromatic N) is 2. The molecule has 0 aromatic heterocycles. The highest BCUT2D eigenvalue weighted by atomic mass is 19.1. The largest absolute Gasteiger partial charge is 0.374 e. The molecule has 0 saturated carbocycles. The highest BCUT2D eigenvalue weighted by Crippen LogP contribution is 2.20. The zero-order chi connectivity index (χ0) is 19.8. The fraction of sp³-hybridized carbons (Fsp3) is 0.409. The van der Waals surface area contributed by atoms with E-state index in [1.165, 1.54) is 6.07 Å². The third-order valence-electron chi connectivity index (χ3n) is 4.99. The van der Waals surface area contributed by atoms with Gasteiger partial charge in [-0.05, 0) is 31.0 Å². The van der Waals surface area contributed by atoms with Crippen LogP contribution < -0.4 is 10.2 Å². The lowest BCUT2D eigenvalue weighted by atomic mass is 10.1. The first-order valence-corrected chi connectivity index (χ1v) is 9.84. The predicted octanol–water partition coefficient (Wildman–Crippen LogP) is 3.83. The van der Waals surface area contributed by atoms with Crippen molar-refractivity contribution in [1.29, 1.82) is 0 Å². The van der Waals surface area contributed by atoms with E-state index < -0.39 is 0 Å². The molecule has 3 rings (SSSR count). The molecule has 0 spiro atoms. The van der Waals surface area contributed by atoms with Crippen LogP contribution in [-0.2, 0) is 4.74 Å². The summed E-state index contributed by atoms with van der Waals surface area (Å²) < 4.78 is 19.7. The van der Waals surface area contributed by atoms with Gasteiger partial charge in [0.15, 0.2) is 0 Å². The van der Waals surface area contributed by atoms with Crippen LogP contribution in [0.3, 0.4) is 0 Å². The van der Waals surface area contributed by atoms with Gasteiger partial charge < -0.3 is 19.9 Å². The van der Waals surface area contributed by atoms with Crippen molar-refractivity contribution in [3.8, 4) is 0 Å². The van der Waals surface area contributed by atoms with Crippen molar-refractivity contribution in [3.63, 3.8) is 0 Å². The van der Waals surface area contributed by atoms with Crippen LogP contribution in [0.25, 0.3) is 0 Å². The molecule has 1 atom stereocenters. The molecule has 6 heteroatoms. The Morgan fingerprint density at radius 2 is 1.75 bits per heavy atom. The summed E-state index contributed by atoms with van der Waals surface area (Å²) in [7, 11) is 0. The van der Waals surface area contributed by atoms with Gasteiger partial charge in [-0.15, -0.1) is 0 Å². The molecule has 1 aliphatic heterocycles. The van der Waals surface area contributed by atoms with E-state index in [4.69, 9.17) is 4.74 Å². The standard InChI is InChI=1S/C22H28FN3O2/c1-18(19-8-3-2-4-9-19)28-17-7-12-24-22(27)26-15-13-25(14-16-26)21-11-6-5-10-20(21)23/h2-6,8-11,18H,7,12-17H2,1H3,(H,24,27)/t18-/m0/s1. The molecule has 0 bridgehead atoms. The number of urea groups is 1. The minimum atomic E-state index is -0.217. The van der Waals surface area contributed by atoms with Crippen molar-refractivity contribution in [2.24, 2.45) is 0 Å². The fourth-order valence-electron chi connectivity index (χ4n) is 3.32. The summed E-state index contributed by atoms with van der Waals surface area (Å²) in [5.74, 6) is -0.217. The van der Waals surface area contributed by atoms with Gasteiger partial charge in [0.25, 0.3) is 0 Å². The van der Waals surface area contributed by atoms with Gasteiger partial charge in [-0.25, -0.2) is 9.18 Å². The van der Waals surface area contributed by atoms with Crippen LogP contribution in [0.1, 0.15) is 25.0 Å². The number of benzene rings is 2. The number of piperazine rings is 1. The second-order valence-electron chi connectivity index (χ2n) is 6.93. The summed E-state index contributed by atoms with van der Waals surface area (Å²) in [5, 5.41) is 2.95. The van der Waals surface area contributed by atoms with Gasteiger partial charge in [-0.2, -0.15) is 0 Å². The smallest absolute Gasteiger partial charge is 0.317 e. The summed E-state index contributed by atoms with van der Waals surface area (Å²) in [4.78, 5) is 16.1. The lowest BCUT2D eigenvalue weighted by Gasteiger charge is -2.36. The van der Waals surface area contributed by atoms with E-state index in [1.807, 2.05) is 48.2 Å². The monoisotopic (exact) mass is 385 g/mol. The van der Waals surface area contributed by atoms with Crippen molar-refractivity contribution in [2.75, 3.05) is 44.2 Å². The number of amides is 2. The molecule has 5 nitrogen and oxygen atoms in total. The van der Waals surface area contributed by atoms with E-state index in [0.717, 1.165) is 12.0 Å². The minimum absolute atomic E-state index is 0.0448. The SMILES string of the molecule is C[C@H](OCCCNC(=O)N1CCN(c2ccccc2F)CC1)c1ccccc1. The van der Waals surface area contributed by atoms with E-state index in [0.29, 0.717) is 45.0 Å². The van der Waals surface area contributed by atoms with Gasteiger partial charge in [0.2, 0.25) is 0 Å². The Morgan fingerprint density at radius 1 is 1.07 bits per heavy atom. The first-order valence-electron chi connectivity index (χ1n) is 9.84. The highest BCUT2D eigenvalue weighted by molar-refractivity contribution is 5.74. The maximum atomic E-state index is 13.9.